The van der Waals surface area contributed by atoms with Crippen molar-refractivity contribution in [3.63, 3.8) is 0 Å². The van der Waals surface area contributed by atoms with Gasteiger partial charge in [0.1, 0.15) is 0 Å². The van der Waals surface area contributed by atoms with Gasteiger partial charge in [-0.15, -0.1) is 0 Å². The number of halogens is 1. The standard InChI is InChI=1S/C14H16ClN3/c1-16-13-7-14(9-17-8-13)18(2)10-11-4-3-5-12(15)6-11/h3-9,16H,10H2,1-2H3. The molecule has 3 nitrogen and oxygen atoms in total. The van der Waals surface area contributed by atoms with Gasteiger partial charge in [-0.2, -0.15) is 0 Å². The number of aromatic nitrogens is 1. The highest BCUT2D eigenvalue weighted by atomic mass is 35.5. The molecule has 4 heteroatoms. The van der Waals surface area contributed by atoms with Crippen molar-refractivity contribution in [2.24, 2.45) is 0 Å². The number of hydrogen-bond acceptors (Lipinski definition) is 3. The van der Waals surface area contributed by atoms with Gasteiger partial charge in [0, 0.05) is 25.7 Å². The highest BCUT2D eigenvalue weighted by Gasteiger charge is 2.04. The largest absolute Gasteiger partial charge is 0.387 e. The molecule has 2 aromatic rings. The van der Waals surface area contributed by atoms with E-state index >= 15 is 0 Å². The van der Waals surface area contributed by atoms with Gasteiger partial charge in [0.05, 0.1) is 23.8 Å². The lowest BCUT2D eigenvalue weighted by molar-refractivity contribution is 0.918. The summed E-state index contributed by atoms with van der Waals surface area (Å²) in [6.45, 7) is 0.801. The van der Waals surface area contributed by atoms with E-state index in [4.69, 9.17) is 11.6 Å². The fourth-order valence-electron chi connectivity index (χ4n) is 1.77. The molecular formula is C14H16ClN3. The molecule has 18 heavy (non-hydrogen) atoms. The van der Waals surface area contributed by atoms with Crippen LogP contribution in [0, 0.1) is 0 Å². The maximum absolute atomic E-state index is 5.98. The molecular weight excluding hydrogens is 246 g/mol. The second-order valence-corrected chi connectivity index (χ2v) is 4.60. The molecule has 0 aliphatic carbocycles. The second-order valence-electron chi connectivity index (χ2n) is 4.17. The van der Waals surface area contributed by atoms with E-state index in [9.17, 15) is 0 Å². The predicted molar refractivity (Wildman–Crippen MR) is 77.3 cm³/mol. The van der Waals surface area contributed by atoms with Crippen LogP contribution in [0.1, 0.15) is 5.56 Å². The van der Waals surface area contributed by atoms with Crippen LogP contribution in [0.2, 0.25) is 5.02 Å². The van der Waals surface area contributed by atoms with E-state index in [1.54, 1.807) is 6.20 Å². The number of hydrogen-bond donors (Lipinski definition) is 1. The van der Waals surface area contributed by atoms with Gasteiger partial charge >= 0.3 is 0 Å². The molecule has 1 heterocycles. The Kier molecular flexibility index (Phi) is 4.05. The zero-order valence-electron chi connectivity index (χ0n) is 10.5. The van der Waals surface area contributed by atoms with Crippen LogP contribution >= 0.6 is 11.6 Å². The van der Waals surface area contributed by atoms with Gasteiger partial charge in [0.15, 0.2) is 0 Å². The van der Waals surface area contributed by atoms with Crippen molar-refractivity contribution < 1.29 is 0 Å². The van der Waals surface area contributed by atoms with Crippen molar-refractivity contribution in [2.45, 2.75) is 6.54 Å². The molecule has 0 aliphatic rings. The number of anilines is 2. The summed E-state index contributed by atoms with van der Waals surface area (Å²) in [5, 5.41) is 3.85. The Labute approximate surface area is 112 Å². The smallest absolute Gasteiger partial charge is 0.0573 e. The Hall–Kier alpha value is -1.74. The lowest BCUT2D eigenvalue weighted by atomic mass is 10.2. The minimum absolute atomic E-state index is 0.767. The first kappa shape index (κ1) is 12.7. The first-order valence-electron chi connectivity index (χ1n) is 5.77. The summed E-state index contributed by atoms with van der Waals surface area (Å²) in [5.74, 6) is 0. The maximum Gasteiger partial charge on any atom is 0.0573 e. The summed E-state index contributed by atoms with van der Waals surface area (Å²) in [4.78, 5) is 6.34. The summed E-state index contributed by atoms with van der Waals surface area (Å²) in [6, 6.07) is 9.96. The van der Waals surface area contributed by atoms with Crippen LogP contribution in [0.5, 0.6) is 0 Å². The van der Waals surface area contributed by atoms with Crippen molar-refractivity contribution in [1.29, 1.82) is 0 Å². The lowest BCUT2D eigenvalue weighted by Crippen LogP contribution is -2.16. The quantitative estimate of drug-likeness (QED) is 0.914. The number of nitrogens with zero attached hydrogens (tertiary/aromatic N) is 2. The van der Waals surface area contributed by atoms with E-state index in [1.165, 1.54) is 5.56 Å². The highest BCUT2D eigenvalue weighted by molar-refractivity contribution is 6.30. The van der Waals surface area contributed by atoms with Gasteiger partial charge < -0.3 is 10.2 Å². The van der Waals surface area contributed by atoms with E-state index < -0.39 is 0 Å². The summed E-state index contributed by atoms with van der Waals surface area (Å²) >= 11 is 5.98. The van der Waals surface area contributed by atoms with E-state index in [0.717, 1.165) is 22.9 Å². The molecule has 0 aliphatic heterocycles. The number of benzene rings is 1. The molecule has 0 amide bonds. The summed E-state index contributed by atoms with van der Waals surface area (Å²) in [5.41, 5.74) is 3.26. The van der Waals surface area contributed by atoms with Crippen LogP contribution in [-0.2, 0) is 6.54 Å². The van der Waals surface area contributed by atoms with Gasteiger partial charge in [-0.1, -0.05) is 23.7 Å². The molecule has 0 atom stereocenters. The first-order chi connectivity index (χ1) is 8.69. The highest BCUT2D eigenvalue weighted by Crippen LogP contribution is 2.19. The zero-order valence-corrected chi connectivity index (χ0v) is 11.3. The SMILES string of the molecule is CNc1cncc(N(C)Cc2cccc(Cl)c2)c1. The van der Waals surface area contributed by atoms with Crippen LogP contribution in [0.4, 0.5) is 11.4 Å². The molecule has 1 aromatic carbocycles. The van der Waals surface area contributed by atoms with Crippen molar-refractivity contribution >= 4 is 23.0 Å². The summed E-state index contributed by atoms with van der Waals surface area (Å²) < 4.78 is 0. The molecule has 94 valence electrons. The fraction of sp³-hybridized carbons (Fsp3) is 0.214. The summed E-state index contributed by atoms with van der Waals surface area (Å²) in [6.07, 6.45) is 3.65. The normalized spacial score (nSPS) is 10.2. The minimum atomic E-state index is 0.767. The van der Waals surface area contributed by atoms with Crippen LogP contribution in [0.3, 0.4) is 0 Å². The number of nitrogens with one attached hydrogen (secondary N) is 1. The Bertz CT molecular complexity index is 528. The monoisotopic (exact) mass is 261 g/mol. The fourth-order valence-corrected chi connectivity index (χ4v) is 1.99. The Morgan fingerprint density at radius 1 is 1.28 bits per heavy atom. The van der Waals surface area contributed by atoms with E-state index in [-0.39, 0.29) is 0 Å². The molecule has 2 rings (SSSR count). The number of rotatable bonds is 4. The molecule has 0 saturated heterocycles. The van der Waals surface area contributed by atoms with Crippen molar-refractivity contribution in [1.82, 2.24) is 4.98 Å². The Morgan fingerprint density at radius 3 is 2.83 bits per heavy atom. The molecule has 0 saturated carbocycles. The average Bonchev–Trinajstić information content (AvgIpc) is 2.39. The minimum Gasteiger partial charge on any atom is -0.387 e. The molecule has 0 unspecified atom stereocenters. The van der Waals surface area contributed by atoms with Crippen molar-refractivity contribution in [2.75, 3.05) is 24.3 Å². The molecule has 0 fully saturated rings. The van der Waals surface area contributed by atoms with Crippen LogP contribution in [-0.4, -0.2) is 19.1 Å². The average molecular weight is 262 g/mol. The second kappa shape index (κ2) is 5.74. The van der Waals surface area contributed by atoms with E-state index in [1.807, 2.05) is 38.5 Å². The first-order valence-corrected chi connectivity index (χ1v) is 6.15. The molecule has 0 radical (unpaired) electrons. The third-order valence-corrected chi connectivity index (χ3v) is 3.00. The van der Waals surface area contributed by atoms with E-state index in [0.29, 0.717) is 0 Å². The summed E-state index contributed by atoms with van der Waals surface area (Å²) in [7, 11) is 3.93. The van der Waals surface area contributed by atoms with Crippen LogP contribution in [0.25, 0.3) is 0 Å². The third-order valence-electron chi connectivity index (χ3n) is 2.76. The molecule has 1 aromatic heterocycles. The van der Waals surface area contributed by atoms with Gasteiger partial charge in [-0.05, 0) is 23.8 Å². The Morgan fingerprint density at radius 2 is 2.11 bits per heavy atom. The van der Waals surface area contributed by atoms with E-state index in [2.05, 4.69) is 27.3 Å². The van der Waals surface area contributed by atoms with Crippen molar-refractivity contribution in [3.05, 3.63) is 53.3 Å². The number of pyridine rings is 1. The van der Waals surface area contributed by atoms with Gasteiger partial charge in [-0.25, -0.2) is 0 Å². The predicted octanol–water partition coefficient (Wildman–Crippen LogP) is 3.41. The molecule has 1 N–H and O–H groups in total. The zero-order chi connectivity index (χ0) is 13.0. The van der Waals surface area contributed by atoms with Crippen molar-refractivity contribution in [3.8, 4) is 0 Å². The molecule has 0 bridgehead atoms. The van der Waals surface area contributed by atoms with Gasteiger partial charge in [-0.3, -0.25) is 4.98 Å². The molecule has 0 spiro atoms. The Balaban J connectivity index is 2.13. The van der Waals surface area contributed by atoms with Gasteiger partial charge in [0.2, 0.25) is 0 Å². The van der Waals surface area contributed by atoms with Gasteiger partial charge in [0.25, 0.3) is 0 Å². The van der Waals surface area contributed by atoms with Crippen LogP contribution < -0.4 is 10.2 Å². The third kappa shape index (κ3) is 3.14. The lowest BCUT2D eigenvalue weighted by Gasteiger charge is -2.19. The topological polar surface area (TPSA) is 28.2 Å². The van der Waals surface area contributed by atoms with Crippen LogP contribution in [0.15, 0.2) is 42.7 Å². The maximum atomic E-state index is 5.98.